The average molecular weight is 322 g/mol. The van der Waals surface area contributed by atoms with Crippen LogP contribution in [0.3, 0.4) is 0 Å². The van der Waals surface area contributed by atoms with Crippen molar-refractivity contribution in [1.29, 1.82) is 0 Å². The summed E-state index contributed by atoms with van der Waals surface area (Å²) in [6.45, 7) is 4.57. The van der Waals surface area contributed by atoms with Crippen molar-refractivity contribution in [1.82, 2.24) is 15.1 Å². The molecule has 23 heavy (non-hydrogen) atoms. The number of furan rings is 1. The first-order valence-electron chi connectivity index (χ1n) is 6.89. The Labute approximate surface area is 132 Å². The summed E-state index contributed by atoms with van der Waals surface area (Å²) in [5, 5.41) is 27.5. The Hall–Kier alpha value is -2.68. The molecule has 0 radical (unpaired) electrons. The van der Waals surface area contributed by atoms with Gasteiger partial charge in [-0.25, -0.2) is 0 Å². The Morgan fingerprint density at radius 2 is 2.22 bits per heavy atom. The summed E-state index contributed by atoms with van der Waals surface area (Å²) in [6, 6.07) is 3.24. The molecule has 9 nitrogen and oxygen atoms in total. The number of nitrogens with one attached hydrogen (secondary N) is 1. The van der Waals surface area contributed by atoms with Crippen LogP contribution in [0.5, 0.6) is 0 Å². The molecular formula is C14H18N4O5. The molecule has 0 aliphatic carbocycles. The van der Waals surface area contributed by atoms with Crippen LogP contribution < -0.4 is 5.32 Å². The summed E-state index contributed by atoms with van der Waals surface area (Å²) >= 11 is 0. The lowest BCUT2D eigenvalue weighted by Crippen LogP contribution is -2.48. The third kappa shape index (κ3) is 3.39. The summed E-state index contributed by atoms with van der Waals surface area (Å²) in [5.41, 5.74) is -2.73. The molecule has 2 aromatic rings. The van der Waals surface area contributed by atoms with E-state index in [4.69, 9.17) is 4.42 Å². The summed E-state index contributed by atoms with van der Waals surface area (Å²) in [7, 11) is 0. The zero-order valence-electron chi connectivity index (χ0n) is 13.0. The van der Waals surface area contributed by atoms with E-state index in [0.717, 1.165) is 6.20 Å². The monoisotopic (exact) mass is 322 g/mol. The maximum absolute atomic E-state index is 12.4. The molecule has 9 heteroatoms. The number of hydrogen-bond donors (Lipinski definition) is 2. The Balaban J connectivity index is 2.08. The van der Waals surface area contributed by atoms with E-state index in [0.29, 0.717) is 5.76 Å². The number of rotatable bonds is 6. The predicted molar refractivity (Wildman–Crippen MR) is 79.5 cm³/mol. The standard InChI is InChI=1S/C14H18N4O5/c1-13(2,17-8-10(7-16-17)18(21)22)12(19)15-9-14(3,20)11-5-4-6-23-11/h4-8,20H,9H2,1-3H3,(H,15,19)/t14-/m1/s1. The SMILES string of the molecule is CC(C)(C(=O)NC[C@@](C)(O)c1ccco1)n1cc([N+](=O)[O-])cn1. The summed E-state index contributed by atoms with van der Waals surface area (Å²) in [6.07, 6.45) is 3.69. The molecule has 2 N–H and O–H groups in total. The third-order valence-corrected chi connectivity index (χ3v) is 3.55. The molecule has 124 valence electrons. The fraction of sp³-hybridized carbons (Fsp3) is 0.429. The molecule has 0 aromatic carbocycles. The second-order valence-corrected chi connectivity index (χ2v) is 5.89. The Bertz CT molecular complexity index is 703. The minimum absolute atomic E-state index is 0.0772. The van der Waals surface area contributed by atoms with E-state index in [2.05, 4.69) is 10.4 Å². The molecule has 1 atom stereocenters. The zero-order chi connectivity index (χ0) is 17.3. The van der Waals surface area contributed by atoms with E-state index >= 15 is 0 Å². The molecule has 0 saturated heterocycles. The van der Waals surface area contributed by atoms with Crippen molar-refractivity contribution in [2.45, 2.75) is 31.9 Å². The van der Waals surface area contributed by atoms with Gasteiger partial charge in [0.2, 0.25) is 5.91 Å². The van der Waals surface area contributed by atoms with Crippen LogP contribution in [0.1, 0.15) is 26.5 Å². The van der Waals surface area contributed by atoms with Crippen molar-refractivity contribution in [3.05, 3.63) is 46.7 Å². The number of carbonyl (C=O) groups excluding carboxylic acids is 1. The number of aliphatic hydroxyl groups is 1. The third-order valence-electron chi connectivity index (χ3n) is 3.55. The van der Waals surface area contributed by atoms with Crippen LogP contribution in [0.15, 0.2) is 35.2 Å². The van der Waals surface area contributed by atoms with Crippen LogP contribution in [0, 0.1) is 10.1 Å². The van der Waals surface area contributed by atoms with E-state index in [1.165, 1.54) is 24.1 Å². The van der Waals surface area contributed by atoms with Gasteiger partial charge in [-0.1, -0.05) is 0 Å². The van der Waals surface area contributed by atoms with E-state index < -0.39 is 22.0 Å². The van der Waals surface area contributed by atoms with Crippen molar-refractivity contribution >= 4 is 11.6 Å². The lowest BCUT2D eigenvalue weighted by atomic mass is 10.0. The molecule has 2 rings (SSSR count). The van der Waals surface area contributed by atoms with E-state index in [-0.39, 0.29) is 12.2 Å². The van der Waals surface area contributed by atoms with Crippen molar-refractivity contribution in [2.24, 2.45) is 0 Å². The maximum atomic E-state index is 12.4. The molecule has 0 aliphatic rings. The van der Waals surface area contributed by atoms with Gasteiger partial charge in [-0.05, 0) is 32.9 Å². The van der Waals surface area contributed by atoms with Crippen molar-refractivity contribution in [2.75, 3.05) is 6.54 Å². The zero-order valence-corrected chi connectivity index (χ0v) is 13.0. The van der Waals surface area contributed by atoms with E-state index in [1.807, 2.05) is 0 Å². The molecular weight excluding hydrogens is 304 g/mol. The molecule has 0 aliphatic heterocycles. The largest absolute Gasteiger partial charge is 0.466 e. The first kappa shape index (κ1) is 16.7. The Kier molecular flexibility index (Phi) is 4.24. The van der Waals surface area contributed by atoms with Crippen molar-refractivity contribution in [3.63, 3.8) is 0 Å². The van der Waals surface area contributed by atoms with Gasteiger partial charge in [0.1, 0.15) is 29.3 Å². The van der Waals surface area contributed by atoms with Crippen molar-refractivity contribution in [3.8, 4) is 0 Å². The van der Waals surface area contributed by atoms with Crippen LogP contribution in [-0.2, 0) is 15.9 Å². The topological polar surface area (TPSA) is 123 Å². The van der Waals surface area contributed by atoms with Crippen LogP contribution >= 0.6 is 0 Å². The number of amides is 1. The fourth-order valence-electron chi connectivity index (χ4n) is 1.96. The molecule has 0 saturated carbocycles. The van der Waals surface area contributed by atoms with Crippen molar-refractivity contribution < 1.29 is 19.2 Å². The fourth-order valence-corrected chi connectivity index (χ4v) is 1.96. The van der Waals surface area contributed by atoms with Gasteiger partial charge in [0.15, 0.2) is 0 Å². The highest BCUT2D eigenvalue weighted by Gasteiger charge is 2.34. The molecule has 2 aromatic heterocycles. The first-order chi connectivity index (χ1) is 10.6. The average Bonchev–Trinajstić information content (AvgIpc) is 3.15. The van der Waals surface area contributed by atoms with Gasteiger partial charge in [-0.2, -0.15) is 5.10 Å². The van der Waals surface area contributed by atoms with Gasteiger partial charge in [0, 0.05) is 0 Å². The van der Waals surface area contributed by atoms with Gasteiger partial charge < -0.3 is 14.8 Å². The van der Waals surface area contributed by atoms with Gasteiger partial charge >= 0.3 is 5.69 Å². The molecule has 1 amide bonds. The second kappa shape index (κ2) is 5.84. The molecule has 0 unspecified atom stereocenters. The van der Waals surface area contributed by atoms with Crippen LogP contribution in [-0.4, -0.2) is 32.3 Å². The molecule has 2 heterocycles. The number of aromatic nitrogens is 2. The lowest BCUT2D eigenvalue weighted by Gasteiger charge is -2.27. The Morgan fingerprint density at radius 1 is 1.52 bits per heavy atom. The second-order valence-electron chi connectivity index (χ2n) is 5.89. The maximum Gasteiger partial charge on any atom is 0.307 e. The van der Waals surface area contributed by atoms with E-state index in [1.54, 1.807) is 26.0 Å². The number of hydrogen-bond acceptors (Lipinski definition) is 6. The minimum Gasteiger partial charge on any atom is -0.466 e. The number of nitro groups is 1. The highest BCUT2D eigenvalue weighted by atomic mass is 16.6. The highest BCUT2D eigenvalue weighted by Crippen LogP contribution is 2.22. The van der Waals surface area contributed by atoms with Crippen LogP contribution in [0.4, 0.5) is 5.69 Å². The predicted octanol–water partition coefficient (Wildman–Crippen LogP) is 1.14. The van der Waals surface area contributed by atoms with E-state index in [9.17, 15) is 20.0 Å². The number of carbonyl (C=O) groups is 1. The molecule has 0 bridgehead atoms. The number of nitrogens with zero attached hydrogens (tertiary/aromatic N) is 3. The smallest absolute Gasteiger partial charge is 0.307 e. The Morgan fingerprint density at radius 3 is 2.74 bits per heavy atom. The highest BCUT2D eigenvalue weighted by molar-refractivity contribution is 5.83. The molecule has 0 spiro atoms. The first-order valence-corrected chi connectivity index (χ1v) is 6.89. The van der Waals surface area contributed by atoms with Crippen LogP contribution in [0.25, 0.3) is 0 Å². The summed E-state index contributed by atoms with van der Waals surface area (Å²) in [5.74, 6) is -0.118. The lowest BCUT2D eigenvalue weighted by molar-refractivity contribution is -0.385. The van der Waals surface area contributed by atoms with Crippen LogP contribution in [0.2, 0.25) is 0 Å². The summed E-state index contributed by atoms with van der Waals surface area (Å²) in [4.78, 5) is 22.5. The van der Waals surface area contributed by atoms with Gasteiger partial charge in [-0.3, -0.25) is 19.6 Å². The minimum atomic E-state index is -1.37. The van der Waals surface area contributed by atoms with Gasteiger partial charge in [0.25, 0.3) is 0 Å². The molecule has 0 fully saturated rings. The summed E-state index contributed by atoms with van der Waals surface area (Å²) < 4.78 is 6.35. The van der Waals surface area contributed by atoms with Gasteiger partial charge in [-0.15, -0.1) is 0 Å². The quantitative estimate of drug-likeness (QED) is 0.607. The van der Waals surface area contributed by atoms with Gasteiger partial charge in [0.05, 0.1) is 17.7 Å². The normalized spacial score (nSPS) is 14.3.